The van der Waals surface area contributed by atoms with Gasteiger partial charge < -0.3 is 15.0 Å². The van der Waals surface area contributed by atoms with Crippen molar-refractivity contribution in [3.63, 3.8) is 0 Å². The third-order valence-corrected chi connectivity index (χ3v) is 2.51. The number of aryl methyl sites for hydroxylation is 2. The van der Waals surface area contributed by atoms with Gasteiger partial charge in [-0.25, -0.2) is 4.79 Å². The normalized spacial score (nSPS) is 10.3. The lowest BCUT2D eigenvalue weighted by molar-refractivity contribution is 0.0697. The molecule has 0 radical (unpaired) electrons. The van der Waals surface area contributed by atoms with E-state index in [2.05, 4.69) is 20.5 Å². The van der Waals surface area contributed by atoms with Gasteiger partial charge in [0.05, 0.1) is 12.2 Å². The predicted molar refractivity (Wildman–Crippen MR) is 64.3 cm³/mol. The Balaban J connectivity index is 2.20. The van der Waals surface area contributed by atoms with Crippen LogP contribution in [-0.2, 0) is 13.6 Å². The van der Waals surface area contributed by atoms with Gasteiger partial charge >= 0.3 is 5.97 Å². The van der Waals surface area contributed by atoms with Gasteiger partial charge in [-0.3, -0.25) is 4.98 Å². The van der Waals surface area contributed by atoms with Crippen LogP contribution in [0.2, 0.25) is 0 Å². The van der Waals surface area contributed by atoms with Gasteiger partial charge in [0.25, 0.3) is 0 Å². The van der Waals surface area contributed by atoms with E-state index in [0.717, 1.165) is 11.5 Å². The molecule has 0 aliphatic carbocycles. The first-order chi connectivity index (χ1) is 8.58. The average Bonchev–Trinajstić information content (AvgIpc) is 2.72. The molecular formula is C11H13N5O2. The number of nitrogens with zero attached hydrogens (tertiary/aromatic N) is 4. The Morgan fingerprint density at radius 1 is 1.56 bits per heavy atom. The minimum absolute atomic E-state index is 0.141. The molecule has 0 aliphatic rings. The highest BCUT2D eigenvalue weighted by Gasteiger charge is 2.11. The Hall–Kier alpha value is -2.44. The summed E-state index contributed by atoms with van der Waals surface area (Å²) in [5.74, 6) is -0.288. The van der Waals surface area contributed by atoms with Crippen LogP contribution in [0.5, 0.6) is 0 Å². The number of hydrogen-bond donors (Lipinski definition) is 2. The molecule has 0 bridgehead atoms. The zero-order chi connectivity index (χ0) is 13.1. The molecule has 2 aromatic rings. The molecule has 2 aromatic heterocycles. The van der Waals surface area contributed by atoms with Crippen LogP contribution in [0.15, 0.2) is 18.6 Å². The maximum Gasteiger partial charge on any atom is 0.339 e. The zero-order valence-corrected chi connectivity index (χ0v) is 10.1. The Morgan fingerprint density at radius 2 is 2.33 bits per heavy atom. The molecule has 0 aromatic carbocycles. The summed E-state index contributed by atoms with van der Waals surface area (Å²) < 4.78 is 1.77. The lowest BCUT2D eigenvalue weighted by Crippen LogP contribution is -2.10. The summed E-state index contributed by atoms with van der Waals surface area (Å²) in [7, 11) is 1.83. The van der Waals surface area contributed by atoms with Crippen molar-refractivity contribution in [2.45, 2.75) is 13.5 Å². The maximum atomic E-state index is 11.0. The van der Waals surface area contributed by atoms with E-state index in [0.29, 0.717) is 12.2 Å². The van der Waals surface area contributed by atoms with E-state index in [1.54, 1.807) is 23.9 Å². The molecule has 18 heavy (non-hydrogen) atoms. The summed E-state index contributed by atoms with van der Waals surface area (Å²) in [6.45, 7) is 2.21. The van der Waals surface area contributed by atoms with Crippen LogP contribution in [-0.4, -0.2) is 30.8 Å². The third-order valence-electron chi connectivity index (χ3n) is 2.51. The Labute approximate surface area is 104 Å². The molecular weight excluding hydrogens is 234 g/mol. The van der Waals surface area contributed by atoms with Crippen molar-refractivity contribution in [1.29, 1.82) is 0 Å². The topological polar surface area (TPSA) is 92.9 Å². The van der Waals surface area contributed by atoms with Gasteiger partial charge in [0, 0.05) is 18.9 Å². The number of carboxylic acid groups (broad SMARTS) is 1. The van der Waals surface area contributed by atoms with Crippen LogP contribution in [0.1, 0.15) is 21.9 Å². The number of carbonyl (C=O) groups is 1. The van der Waals surface area contributed by atoms with Crippen molar-refractivity contribution in [1.82, 2.24) is 19.7 Å². The highest BCUT2D eigenvalue weighted by atomic mass is 16.4. The second kappa shape index (κ2) is 4.82. The van der Waals surface area contributed by atoms with Crippen LogP contribution in [0, 0.1) is 6.92 Å². The zero-order valence-electron chi connectivity index (χ0n) is 10.1. The van der Waals surface area contributed by atoms with Crippen molar-refractivity contribution in [3.05, 3.63) is 35.7 Å². The summed E-state index contributed by atoms with van der Waals surface area (Å²) in [4.78, 5) is 15.0. The quantitative estimate of drug-likeness (QED) is 0.831. The molecule has 2 N–H and O–H groups in total. The Kier molecular flexibility index (Phi) is 3.22. The highest BCUT2D eigenvalue weighted by molar-refractivity contribution is 5.93. The number of hydrogen-bond acceptors (Lipinski definition) is 5. The highest BCUT2D eigenvalue weighted by Crippen LogP contribution is 2.16. The molecule has 2 heterocycles. The molecule has 0 unspecified atom stereocenters. The second-order valence-electron chi connectivity index (χ2n) is 3.89. The summed E-state index contributed by atoms with van der Waals surface area (Å²) in [5.41, 5.74) is 1.42. The van der Waals surface area contributed by atoms with E-state index >= 15 is 0 Å². The fraction of sp³-hybridized carbons (Fsp3) is 0.273. The van der Waals surface area contributed by atoms with Crippen LogP contribution in [0.25, 0.3) is 0 Å². The average molecular weight is 247 g/mol. The maximum absolute atomic E-state index is 11.0. The largest absolute Gasteiger partial charge is 0.478 e. The van der Waals surface area contributed by atoms with Crippen molar-refractivity contribution in [2.75, 3.05) is 5.32 Å². The molecule has 7 nitrogen and oxygen atoms in total. The molecule has 0 amide bonds. The molecule has 0 saturated heterocycles. The number of pyridine rings is 1. The van der Waals surface area contributed by atoms with Crippen molar-refractivity contribution >= 4 is 11.7 Å². The van der Waals surface area contributed by atoms with Gasteiger partial charge in [-0.1, -0.05) is 0 Å². The minimum atomic E-state index is -1.01. The summed E-state index contributed by atoms with van der Waals surface area (Å²) in [6.07, 6.45) is 2.93. The monoisotopic (exact) mass is 247 g/mol. The Morgan fingerprint density at radius 3 is 2.94 bits per heavy atom. The van der Waals surface area contributed by atoms with Gasteiger partial charge in [-0.05, 0) is 13.0 Å². The van der Waals surface area contributed by atoms with Crippen molar-refractivity contribution in [2.24, 2.45) is 7.05 Å². The standard InChI is InChI=1S/C11H13N5O2/c1-7-3-9(8(4-12-7)11(17)18)13-5-10-15-14-6-16(10)2/h3-4,6H,5H2,1-2H3,(H,12,13)(H,17,18). The van der Waals surface area contributed by atoms with E-state index in [-0.39, 0.29) is 5.56 Å². The number of rotatable bonds is 4. The van der Waals surface area contributed by atoms with E-state index in [9.17, 15) is 4.79 Å². The molecule has 0 saturated carbocycles. The third kappa shape index (κ3) is 2.45. The molecule has 0 fully saturated rings. The smallest absolute Gasteiger partial charge is 0.339 e. The second-order valence-corrected chi connectivity index (χ2v) is 3.89. The number of aromatic nitrogens is 4. The van der Waals surface area contributed by atoms with Crippen LogP contribution in [0.4, 0.5) is 5.69 Å². The fourth-order valence-electron chi connectivity index (χ4n) is 1.52. The lowest BCUT2D eigenvalue weighted by atomic mass is 10.2. The van der Waals surface area contributed by atoms with Gasteiger partial charge in [-0.15, -0.1) is 10.2 Å². The summed E-state index contributed by atoms with van der Waals surface area (Å²) in [5, 5.41) is 19.8. The molecule has 2 rings (SSSR count). The molecule has 0 atom stereocenters. The number of carboxylic acids is 1. The van der Waals surface area contributed by atoms with Crippen LogP contribution in [0.3, 0.4) is 0 Å². The van der Waals surface area contributed by atoms with Crippen LogP contribution >= 0.6 is 0 Å². The van der Waals surface area contributed by atoms with Gasteiger partial charge in [0.15, 0.2) is 5.82 Å². The number of aromatic carboxylic acids is 1. The van der Waals surface area contributed by atoms with Crippen molar-refractivity contribution < 1.29 is 9.90 Å². The van der Waals surface area contributed by atoms with E-state index < -0.39 is 5.97 Å². The first-order valence-corrected chi connectivity index (χ1v) is 5.34. The van der Waals surface area contributed by atoms with Crippen LogP contribution < -0.4 is 5.32 Å². The van der Waals surface area contributed by atoms with E-state index in [1.807, 2.05) is 7.05 Å². The number of nitrogens with one attached hydrogen (secondary N) is 1. The van der Waals surface area contributed by atoms with Gasteiger partial charge in [0.2, 0.25) is 0 Å². The van der Waals surface area contributed by atoms with Crippen molar-refractivity contribution in [3.8, 4) is 0 Å². The van der Waals surface area contributed by atoms with Gasteiger partial charge in [0.1, 0.15) is 11.9 Å². The molecule has 0 spiro atoms. The number of anilines is 1. The summed E-state index contributed by atoms with van der Waals surface area (Å²) in [6, 6.07) is 1.69. The molecule has 7 heteroatoms. The first-order valence-electron chi connectivity index (χ1n) is 5.34. The lowest BCUT2D eigenvalue weighted by Gasteiger charge is -2.09. The molecule has 0 aliphatic heterocycles. The fourth-order valence-corrected chi connectivity index (χ4v) is 1.52. The minimum Gasteiger partial charge on any atom is -0.478 e. The SMILES string of the molecule is Cc1cc(NCc2nncn2C)c(C(=O)O)cn1. The van der Waals surface area contributed by atoms with E-state index in [1.165, 1.54) is 6.20 Å². The first kappa shape index (κ1) is 12.0. The summed E-state index contributed by atoms with van der Waals surface area (Å²) >= 11 is 0. The Bertz CT molecular complexity index is 579. The van der Waals surface area contributed by atoms with Gasteiger partial charge in [-0.2, -0.15) is 0 Å². The van der Waals surface area contributed by atoms with E-state index in [4.69, 9.17) is 5.11 Å². The predicted octanol–water partition coefficient (Wildman–Crippen LogP) is 0.829. The molecule has 94 valence electrons.